The summed E-state index contributed by atoms with van der Waals surface area (Å²) in [7, 11) is 0. The predicted molar refractivity (Wildman–Crippen MR) is 93.3 cm³/mol. The Hall–Kier alpha value is -2.96. The summed E-state index contributed by atoms with van der Waals surface area (Å²) < 4.78 is 0. The summed E-state index contributed by atoms with van der Waals surface area (Å²) in [6.45, 7) is 5.14. The van der Waals surface area contributed by atoms with Gasteiger partial charge in [-0.1, -0.05) is 0 Å². The van der Waals surface area contributed by atoms with E-state index in [1.807, 2.05) is 0 Å². The molecule has 134 valence electrons. The number of carbonyl (C=O) groups excluding carboxylic acids is 3. The highest BCUT2D eigenvalue weighted by molar-refractivity contribution is 6.06. The molecule has 0 bridgehead atoms. The van der Waals surface area contributed by atoms with Crippen molar-refractivity contribution in [1.82, 2.24) is 4.90 Å². The molecule has 0 aromatic heterocycles. The van der Waals surface area contributed by atoms with Crippen molar-refractivity contribution in [1.29, 1.82) is 0 Å². The van der Waals surface area contributed by atoms with Gasteiger partial charge in [0.1, 0.15) is 0 Å². The molecule has 0 aliphatic heterocycles. The van der Waals surface area contributed by atoms with Gasteiger partial charge >= 0.3 is 5.97 Å². The fourth-order valence-electron chi connectivity index (χ4n) is 2.11. The highest BCUT2D eigenvalue weighted by Crippen LogP contribution is 2.11. The van der Waals surface area contributed by atoms with Gasteiger partial charge in [0.05, 0.1) is 6.42 Å². The van der Waals surface area contributed by atoms with Crippen molar-refractivity contribution < 1.29 is 24.3 Å². The van der Waals surface area contributed by atoms with E-state index in [1.54, 1.807) is 31.2 Å². The summed E-state index contributed by atoms with van der Waals surface area (Å²) in [5.74, 6) is -1.92. The maximum absolute atomic E-state index is 12.2. The zero-order chi connectivity index (χ0) is 19.0. The molecule has 2 N–H and O–H groups in total. The SMILES string of the molecule is CCN(CCC(=O)O)C(=O)/C(C)=C\C(=O)Nc1ccc(C(C)=O)cc1. The normalized spacial score (nSPS) is 10.9. The van der Waals surface area contributed by atoms with Crippen molar-refractivity contribution in [2.45, 2.75) is 27.2 Å². The minimum Gasteiger partial charge on any atom is -0.481 e. The Bertz CT molecular complexity index is 692. The lowest BCUT2D eigenvalue weighted by atomic mass is 10.1. The van der Waals surface area contributed by atoms with Gasteiger partial charge in [0.25, 0.3) is 0 Å². The molecule has 0 saturated carbocycles. The number of amides is 2. The standard InChI is InChI=1S/C18H22N2O5/c1-4-20(10-9-17(23)24)18(25)12(2)11-16(22)19-15-7-5-14(6-8-15)13(3)21/h5-8,11H,4,9-10H2,1-3H3,(H,19,22)(H,23,24)/b12-11-. The molecule has 0 aliphatic rings. The zero-order valence-electron chi connectivity index (χ0n) is 14.5. The molecular weight excluding hydrogens is 324 g/mol. The first-order valence-electron chi connectivity index (χ1n) is 7.86. The van der Waals surface area contributed by atoms with Gasteiger partial charge in [-0.2, -0.15) is 0 Å². The number of carboxylic acid groups (broad SMARTS) is 1. The molecule has 0 radical (unpaired) electrons. The largest absolute Gasteiger partial charge is 0.481 e. The number of anilines is 1. The number of hydrogen-bond donors (Lipinski definition) is 2. The second kappa shape index (κ2) is 9.36. The van der Waals surface area contributed by atoms with Crippen LogP contribution < -0.4 is 5.32 Å². The smallest absolute Gasteiger partial charge is 0.305 e. The first kappa shape index (κ1) is 20.1. The van der Waals surface area contributed by atoms with Gasteiger partial charge in [-0.05, 0) is 45.0 Å². The molecule has 0 atom stereocenters. The van der Waals surface area contributed by atoms with Crippen LogP contribution in [0.2, 0.25) is 0 Å². The van der Waals surface area contributed by atoms with Gasteiger partial charge in [-0.3, -0.25) is 19.2 Å². The van der Waals surface area contributed by atoms with E-state index in [1.165, 1.54) is 24.8 Å². The van der Waals surface area contributed by atoms with Crippen LogP contribution in [0.15, 0.2) is 35.9 Å². The van der Waals surface area contributed by atoms with Gasteiger partial charge in [0.2, 0.25) is 11.8 Å². The van der Waals surface area contributed by atoms with Gasteiger partial charge in [0, 0.05) is 36.0 Å². The Morgan fingerprint density at radius 2 is 1.72 bits per heavy atom. The average molecular weight is 346 g/mol. The van der Waals surface area contributed by atoms with Crippen LogP contribution in [-0.4, -0.2) is 46.7 Å². The van der Waals surface area contributed by atoms with Crippen LogP contribution in [0.3, 0.4) is 0 Å². The van der Waals surface area contributed by atoms with Crippen LogP contribution in [0, 0.1) is 0 Å². The topological polar surface area (TPSA) is 104 Å². The van der Waals surface area contributed by atoms with Crippen molar-refractivity contribution >= 4 is 29.3 Å². The molecule has 0 spiro atoms. The number of benzene rings is 1. The molecular formula is C18H22N2O5. The van der Waals surface area contributed by atoms with Gasteiger partial charge < -0.3 is 15.3 Å². The number of rotatable bonds is 8. The molecule has 7 nitrogen and oxygen atoms in total. The third-order valence-corrected chi connectivity index (χ3v) is 3.51. The Labute approximate surface area is 146 Å². The number of nitrogens with one attached hydrogen (secondary N) is 1. The lowest BCUT2D eigenvalue weighted by Gasteiger charge is -2.20. The van der Waals surface area contributed by atoms with Crippen LogP contribution in [0.25, 0.3) is 0 Å². The Morgan fingerprint density at radius 1 is 1.12 bits per heavy atom. The summed E-state index contributed by atoms with van der Waals surface area (Å²) in [6, 6.07) is 6.41. The summed E-state index contributed by atoms with van der Waals surface area (Å²) in [5, 5.41) is 11.3. The number of aliphatic carboxylic acids is 1. The molecule has 2 amide bonds. The van der Waals surface area contributed by atoms with Gasteiger partial charge in [-0.15, -0.1) is 0 Å². The molecule has 0 unspecified atom stereocenters. The van der Waals surface area contributed by atoms with Crippen LogP contribution in [0.5, 0.6) is 0 Å². The van der Waals surface area contributed by atoms with Gasteiger partial charge in [0.15, 0.2) is 5.78 Å². The second-order valence-electron chi connectivity index (χ2n) is 5.48. The summed E-state index contributed by atoms with van der Waals surface area (Å²) >= 11 is 0. The first-order chi connectivity index (χ1) is 11.7. The number of nitrogens with zero attached hydrogens (tertiary/aromatic N) is 1. The number of Topliss-reactive ketones (excluding diaryl/α,β-unsaturated/α-hetero) is 1. The molecule has 0 saturated heterocycles. The van der Waals surface area contributed by atoms with E-state index in [0.717, 1.165) is 0 Å². The number of likely N-dealkylation sites (N-methyl/N-ethyl adjacent to an activating group) is 1. The second-order valence-corrected chi connectivity index (χ2v) is 5.48. The van der Waals surface area contributed by atoms with Crippen LogP contribution >= 0.6 is 0 Å². The lowest BCUT2D eigenvalue weighted by molar-refractivity contribution is -0.138. The van der Waals surface area contributed by atoms with E-state index in [4.69, 9.17) is 5.11 Å². The van der Waals surface area contributed by atoms with E-state index < -0.39 is 11.9 Å². The monoisotopic (exact) mass is 346 g/mol. The van der Waals surface area contributed by atoms with Crippen LogP contribution in [0.1, 0.15) is 37.6 Å². The lowest BCUT2D eigenvalue weighted by Crippen LogP contribution is -2.33. The zero-order valence-corrected chi connectivity index (χ0v) is 14.5. The number of hydrogen-bond acceptors (Lipinski definition) is 4. The maximum Gasteiger partial charge on any atom is 0.305 e. The van der Waals surface area contributed by atoms with E-state index in [2.05, 4.69) is 5.32 Å². The van der Waals surface area contributed by atoms with E-state index in [-0.39, 0.29) is 30.2 Å². The maximum atomic E-state index is 12.2. The van der Waals surface area contributed by atoms with Crippen LogP contribution in [0.4, 0.5) is 5.69 Å². The summed E-state index contributed by atoms with van der Waals surface area (Å²) in [4.78, 5) is 47.4. The summed E-state index contributed by atoms with van der Waals surface area (Å²) in [5.41, 5.74) is 1.26. The summed E-state index contributed by atoms with van der Waals surface area (Å²) in [6.07, 6.45) is 1.02. The van der Waals surface area contributed by atoms with Crippen molar-refractivity contribution in [3.8, 4) is 0 Å². The average Bonchev–Trinajstić information content (AvgIpc) is 2.55. The number of ketones is 1. The highest BCUT2D eigenvalue weighted by Gasteiger charge is 2.15. The number of carbonyl (C=O) groups is 4. The first-order valence-corrected chi connectivity index (χ1v) is 7.86. The van der Waals surface area contributed by atoms with Crippen molar-refractivity contribution in [3.05, 3.63) is 41.5 Å². The highest BCUT2D eigenvalue weighted by atomic mass is 16.4. The van der Waals surface area contributed by atoms with Crippen molar-refractivity contribution in [3.63, 3.8) is 0 Å². The quantitative estimate of drug-likeness (QED) is 0.554. The predicted octanol–water partition coefficient (Wildman–Crippen LogP) is 2.10. The minimum absolute atomic E-state index is 0.0692. The molecule has 0 fully saturated rings. The Kier molecular flexibility index (Phi) is 7.52. The van der Waals surface area contributed by atoms with E-state index in [0.29, 0.717) is 17.8 Å². The molecule has 1 aromatic carbocycles. The fourth-order valence-corrected chi connectivity index (χ4v) is 2.11. The van der Waals surface area contributed by atoms with E-state index >= 15 is 0 Å². The third kappa shape index (κ3) is 6.58. The van der Waals surface area contributed by atoms with E-state index in [9.17, 15) is 19.2 Å². The molecule has 1 aromatic rings. The Balaban J connectivity index is 2.72. The molecule has 0 heterocycles. The molecule has 25 heavy (non-hydrogen) atoms. The minimum atomic E-state index is -0.986. The fraction of sp³-hybridized carbons (Fsp3) is 0.333. The molecule has 0 aliphatic carbocycles. The Morgan fingerprint density at radius 3 is 2.20 bits per heavy atom. The molecule has 7 heteroatoms. The number of carboxylic acids is 1. The van der Waals surface area contributed by atoms with Gasteiger partial charge in [-0.25, -0.2) is 0 Å². The van der Waals surface area contributed by atoms with Crippen molar-refractivity contribution in [2.24, 2.45) is 0 Å². The third-order valence-electron chi connectivity index (χ3n) is 3.51. The molecule has 1 rings (SSSR count). The van der Waals surface area contributed by atoms with Crippen LogP contribution in [-0.2, 0) is 14.4 Å². The van der Waals surface area contributed by atoms with Crippen molar-refractivity contribution in [2.75, 3.05) is 18.4 Å².